The first kappa shape index (κ1) is 32.1. The number of halogens is 3. The van der Waals surface area contributed by atoms with Gasteiger partial charge < -0.3 is 19.3 Å². The molecular weight excluding hydrogens is 648 g/mol. The summed E-state index contributed by atoms with van der Waals surface area (Å²) in [6, 6.07) is 25.1. The Balaban J connectivity index is 1.54. The molecule has 45 heavy (non-hydrogen) atoms. The molecule has 3 N–H and O–H groups in total. The quantitative estimate of drug-likeness (QED) is 0.122. The van der Waals surface area contributed by atoms with E-state index in [1.807, 2.05) is 36.4 Å². The Bertz CT molecular complexity index is 1650. The minimum atomic E-state index is -1.53. The van der Waals surface area contributed by atoms with Crippen LogP contribution in [0.1, 0.15) is 34.8 Å². The van der Waals surface area contributed by atoms with Gasteiger partial charge in [0, 0.05) is 42.1 Å². The van der Waals surface area contributed by atoms with Gasteiger partial charge in [0.25, 0.3) is 5.91 Å². The molecule has 8 nitrogen and oxygen atoms in total. The van der Waals surface area contributed by atoms with E-state index < -0.39 is 29.2 Å². The number of benzene rings is 4. The fourth-order valence-electron chi connectivity index (χ4n) is 5.07. The molecule has 4 aromatic rings. The SMILES string of the molecule is COc1cccc([C@@H]2OC(c3ccc(OCCCO)cc3)=N[C@]2(Cc2ccccc2Br)C(=O)NNCc2cc(F)cc(F)c2)c1. The van der Waals surface area contributed by atoms with Crippen LogP contribution in [0.25, 0.3) is 0 Å². The molecule has 0 bridgehead atoms. The molecule has 0 spiro atoms. The summed E-state index contributed by atoms with van der Waals surface area (Å²) in [5.74, 6) is -0.503. The minimum Gasteiger partial charge on any atom is -0.497 e. The molecule has 0 aromatic heterocycles. The monoisotopic (exact) mass is 679 g/mol. The highest BCUT2D eigenvalue weighted by molar-refractivity contribution is 9.10. The summed E-state index contributed by atoms with van der Waals surface area (Å²) in [5, 5.41) is 9.04. The summed E-state index contributed by atoms with van der Waals surface area (Å²) in [7, 11) is 1.56. The number of methoxy groups -OCH3 is 1. The number of carbonyl (C=O) groups excluding carboxylic acids is 1. The van der Waals surface area contributed by atoms with Gasteiger partial charge in [-0.2, -0.15) is 0 Å². The van der Waals surface area contributed by atoms with E-state index in [0.29, 0.717) is 41.2 Å². The molecule has 0 fully saturated rings. The molecule has 11 heteroatoms. The maximum atomic E-state index is 14.3. The van der Waals surface area contributed by atoms with Crippen LogP contribution >= 0.6 is 15.9 Å². The third-order valence-electron chi connectivity index (χ3n) is 7.26. The standard InChI is InChI=1S/C34H32BrF2N3O5/c1-43-29-8-4-7-24(18-29)31-34(20-25-6-2-3-9-30(25)35,33(42)40-38-21-22-16-26(36)19-27(37)17-22)39-32(45-31)23-10-12-28(13-11-23)44-15-5-14-41/h2-4,6-13,16-19,31,38,41H,5,14-15,20-21H2,1H3,(H,40,42)/t31-,34-/m0/s1. The Morgan fingerprint density at radius 3 is 2.47 bits per heavy atom. The molecule has 0 radical (unpaired) electrons. The molecular formula is C34H32BrF2N3O5. The van der Waals surface area contributed by atoms with Crippen molar-refractivity contribution in [2.75, 3.05) is 20.3 Å². The predicted octanol–water partition coefficient (Wildman–Crippen LogP) is 5.82. The molecule has 0 aliphatic carbocycles. The van der Waals surface area contributed by atoms with Crippen molar-refractivity contribution >= 4 is 27.7 Å². The first-order valence-corrected chi connectivity index (χ1v) is 15.1. The van der Waals surface area contributed by atoms with Crippen LogP contribution in [-0.2, 0) is 22.5 Å². The molecule has 234 valence electrons. The second-order valence-electron chi connectivity index (χ2n) is 10.4. The van der Waals surface area contributed by atoms with Crippen molar-refractivity contribution in [3.05, 3.63) is 129 Å². The van der Waals surface area contributed by atoms with Gasteiger partial charge in [-0.05, 0) is 71.3 Å². The first-order valence-electron chi connectivity index (χ1n) is 14.3. The van der Waals surface area contributed by atoms with E-state index in [0.717, 1.165) is 16.1 Å². The maximum absolute atomic E-state index is 14.3. The van der Waals surface area contributed by atoms with Gasteiger partial charge in [0.2, 0.25) is 5.90 Å². The van der Waals surface area contributed by atoms with E-state index >= 15 is 0 Å². The number of nitrogens with zero attached hydrogens (tertiary/aromatic N) is 1. The summed E-state index contributed by atoms with van der Waals surface area (Å²) in [6.45, 7) is 0.365. The molecule has 1 aliphatic heterocycles. The van der Waals surface area contributed by atoms with Crippen LogP contribution in [0.5, 0.6) is 11.5 Å². The van der Waals surface area contributed by atoms with E-state index in [-0.39, 0.29) is 25.5 Å². The van der Waals surface area contributed by atoms with Crippen LogP contribution in [0.4, 0.5) is 8.78 Å². The summed E-state index contributed by atoms with van der Waals surface area (Å²) in [6.07, 6.45) is -0.234. The predicted molar refractivity (Wildman–Crippen MR) is 169 cm³/mol. The van der Waals surface area contributed by atoms with Crippen molar-refractivity contribution in [1.29, 1.82) is 0 Å². The number of hydrogen-bond acceptors (Lipinski definition) is 7. The average Bonchev–Trinajstić information content (AvgIpc) is 3.43. The molecule has 0 saturated carbocycles. The third kappa shape index (κ3) is 7.67. The smallest absolute Gasteiger partial charge is 0.266 e. The van der Waals surface area contributed by atoms with Crippen molar-refractivity contribution < 1.29 is 32.9 Å². The Kier molecular flexibility index (Phi) is 10.4. The molecule has 5 rings (SSSR count). The number of hydrogen-bond donors (Lipinski definition) is 3. The number of amides is 1. The fraction of sp³-hybridized carbons (Fsp3) is 0.235. The number of ether oxygens (including phenoxy) is 3. The minimum absolute atomic E-state index is 0.0318. The van der Waals surface area contributed by atoms with Crippen molar-refractivity contribution in [2.45, 2.75) is 31.0 Å². The molecule has 2 atom stereocenters. The average molecular weight is 681 g/mol. The maximum Gasteiger partial charge on any atom is 0.266 e. The van der Waals surface area contributed by atoms with Gasteiger partial charge in [0.1, 0.15) is 23.1 Å². The molecule has 1 aliphatic rings. The lowest BCUT2D eigenvalue weighted by Crippen LogP contribution is -2.53. The van der Waals surface area contributed by atoms with E-state index in [4.69, 9.17) is 24.3 Å². The summed E-state index contributed by atoms with van der Waals surface area (Å²) in [4.78, 5) is 19.3. The zero-order valence-corrected chi connectivity index (χ0v) is 26.0. The van der Waals surface area contributed by atoms with E-state index in [2.05, 4.69) is 26.8 Å². The Hall–Kier alpha value is -4.32. The molecule has 1 heterocycles. The van der Waals surface area contributed by atoms with Gasteiger partial charge in [0.15, 0.2) is 11.6 Å². The normalized spacial score (nSPS) is 17.4. The van der Waals surface area contributed by atoms with Gasteiger partial charge in [0.05, 0.1) is 13.7 Å². The van der Waals surface area contributed by atoms with Gasteiger partial charge in [-0.3, -0.25) is 10.2 Å². The highest BCUT2D eigenvalue weighted by atomic mass is 79.9. The number of nitrogens with one attached hydrogen (secondary N) is 2. The lowest BCUT2D eigenvalue weighted by Gasteiger charge is -2.31. The van der Waals surface area contributed by atoms with E-state index in [1.54, 1.807) is 43.5 Å². The Morgan fingerprint density at radius 1 is 1.00 bits per heavy atom. The topological polar surface area (TPSA) is 101 Å². The van der Waals surface area contributed by atoms with Crippen LogP contribution < -0.4 is 20.3 Å². The van der Waals surface area contributed by atoms with Crippen LogP contribution in [0.3, 0.4) is 0 Å². The number of aliphatic imine (C=N–C) groups is 1. The van der Waals surface area contributed by atoms with Crippen LogP contribution in [0, 0.1) is 11.6 Å². The molecule has 0 saturated heterocycles. The number of carbonyl (C=O) groups is 1. The molecule has 4 aromatic carbocycles. The van der Waals surface area contributed by atoms with Gasteiger partial charge >= 0.3 is 0 Å². The first-order chi connectivity index (χ1) is 21.8. The fourth-order valence-corrected chi connectivity index (χ4v) is 5.49. The van der Waals surface area contributed by atoms with Gasteiger partial charge in [-0.25, -0.2) is 19.2 Å². The van der Waals surface area contributed by atoms with Gasteiger partial charge in [-0.15, -0.1) is 0 Å². The van der Waals surface area contributed by atoms with Crippen LogP contribution in [-0.4, -0.2) is 42.8 Å². The zero-order chi connectivity index (χ0) is 31.8. The van der Waals surface area contributed by atoms with Crippen molar-refractivity contribution in [3.63, 3.8) is 0 Å². The van der Waals surface area contributed by atoms with Gasteiger partial charge in [-0.1, -0.05) is 46.3 Å². The van der Waals surface area contributed by atoms with E-state index in [1.165, 1.54) is 12.1 Å². The van der Waals surface area contributed by atoms with Crippen molar-refractivity contribution in [3.8, 4) is 11.5 Å². The van der Waals surface area contributed by atoms with Crippen molar-refractivity contribution in [2.24, 2.45) is 4.99 Å². The number of aliphatic hydroxyl groups excluding tert-OH is 1. The highest BCUT2D eigenvalue weighted by Crippen LogP contribution is 2.44. The molecule has 0 unspecified atom stereocenters. The summed E-state index contributed by atoms with van der Waals surface area (Å²) < 4.78 is 46.0. The van der Waals surface area contributed by atoms with Crippen molar-refractivity contribution in [1.82, 2.24) is 10.9 Å². The summed E-state index contributed by atoms with van der Waals surface area (Å²) in [5.41, 5.74) is 6.42. The highest BCUT2D eigenvalue weighted by Gasteiger charge is 2.53. The number of hydrazine groups is 1. The summed E-state index contributed by atoms with van der Waals surface area (Å²) >= 11 is 3.61. The van der Waals surface area contributed by atoms with E-state index in [9.17, 15) is 13.6 Å². The number of aliphatic hydroxyl groups is 1. The van der Waals surface area contributed by atoms with Crippen LogP contribution in [0.15, 0.2) is 100 Å². The third-order valence-corrected chi connectivity index (χ3v) is 8.03. The lowest BCUT2D eigenvalue weighted by molar-refractivity contribution is -0.130. The second-order valence-corrected chi connectivity index (χ2v) is 11.3. The zero-order valence-electron chi connectivity index (χ0n) is 24.4. The molecule has 1 amide bonds. The lowest BCUT2D eigenvalue weighted by atomic mass is 9.82. The van der Waals surface area contributed by atoms with Crippen LogP contribution in [0.2, 0.25) is 0 Å². The number of rotatable bonds is 13. The Morgan fingerprint density at radius 2 is 1.76 bits per heavy atom. The Labute approximate surface area is 268 Å². The largest absolute Gasteiger partial charge is 0.497 e. The second kappa shape index (κ2) is 14.6.